The minimum absolute atomic E-state index is 0.126. The van der Waals surface area contributed by atoms with Crippen molar-refractivity contribution in [3.05, 3.63) is 34.9 Å². The molecule has 1 aliphatic carbocycles. The average Bonchev–Trinajstić information content (AvgIpc) is 2.09. The number of fused-ring (bicyclic) bond motifs is 1. The first kappa shape index (κ1) is 8.63. The molecular weight excluding hydrogens is 172 g/mol. The fourth-order valence-corrected chi connectivity index (χ4v) is 1.83. The molecule has 0 unspecified atom stereocenters. The van der Waals surface area contributed by atoms with Gasteiger partial charge in [-0.25, -0.2) is 8.78 Å². The van der Waals surface area contributed by atoms with Gasteiger partial charge in [0.1, 0.15) is 0 Å². The van der Waals surface area contributed by atoms with E-state index >= 15 is 0 Å². The van der Waals surface area contributed by atoms with E-state index in [-0.39, 0.29) is 6.04 Å². The van der Waals surface area contributed by atoms with E-state index in [9.17, 15) is 8.78 Å². The summed E-state index contributed by atoms with van der Waals surface area (Å²) in [5.74, 6) is -1.57. The van der Waals surface area contributed by atoms with Crippen LogP contribution >= 0.6 is 0 Å². The van der Waals surface area contributed by atoms with E-state index in [1.54, 1.807) is 0 Å². The molecule has 0 radical (unpaired) electrons. The second-order valence-corrected chi connectivity index (χ2v) is 3.46. The van der Waals surface area contributed by atoms with E-state index < -0.39 is 11.6 Å². The van der Waals surface area contributed by atoms with E-state index in [1.165, 1.54) is 12.1 Å². The molecule has 1 nitrogen and oxygen atoms in total. The fourth-order valence-electron chi connectivity index (χ4n) is 1.83. The van der Waals surface area contributed by atoms with Crippen molar-refractivity contribution in [2.24, 2.45) is 5.73 Å². The second-order valence-electron chi connectivity index (χ2n) is 3.46. The van der Waals surface area contributed by atoms with Gasteiger partial charge in [0.2, 0.25) is 0 Å². The molecule has 3 heteroatoms. The van der Waals surface area contributed by atoms with Crippen LogP contribution < -0.4 is 5.73 Å². The largest absolute Gasteiger partial charge is 0.324 e. The Hall–Kier alpha value is -0.960. The number of nitrogens with two attached hydrogens (primary N) is 1. The number of hydrogen-bond acceptors (Lipinski definition) is 1. The normalized spacial score (nSPS) is 21.3. The summed E-state index contributed by atoms with van der Waals surface area (Å²) in [5, 5.41) is 0. The maximum atomic E-state index is 12.8. The number of benzene rings is 1. The number of rotatable bonds is 0. The predicted octanol–water partition coefficient (Wildman–Crippen LogP) is 2.30. The first-order valence-corrected chi connectivity index (χ1v) is 4.42. The minimum Gasteiger partial charge on any atom is -0.324 e. The molecule has 0 aromatic heterocycles. The molecular formula is C10H11F2N. The smallest absolute Gasteiger partial charge is 0.159 e. The third kappa shape index (κ3) is 1.44. The Morgan fingerprint density at radius 1 is 1.23 bits per heavy atom. The number of aryl methyl sites for hydroxylation is 1. The van der Waals surface area contributed by atoms with Gasteiger partial charge in [-0.3, -0.25) is 0 Å². The summed E-state index contributed by atoms with van der Waals surface area (Å²) in [7, 11) is 0. The van der Waals surface area contributed by atoms with Crippen molar-refractivity contribution in [2.75, 3.05) is 0 Å². The number of hydrogen-bond donors (Lipinski definition) is 1. The van der Waals surface area contributed by atoms with Crippen LogP contribution in [-0.4, -0.2) is 0 Å². The van der Waals surface area contributed by atoms with Crippen LogP contribution in [0.25, 0.3) is 0 Å². The van der Waals surface area contributed by atoms with Crippen molar-refractivity contribution in [3.63, 3.8) is 0 Å². The summed E-state index contributed by atoms with van der Waals surface area (Å²) in [6.07, 6.45) is 2.62. The molecule has 70 valence electrons. The Morgan fingerprint density at radius 2 is 1.92 bits per heavy atom. The molecule has 1 aliphatic rings. The molecule has 1 aromatic rings. The van der Waals surface area contributed by atoms with Crippen LogP contribution in [0.2, 0.25) is 0 Å². The maximum absolute atomic E-state index is 12.8. The highest BCUT2D eigenvalue weighted by Gasteiger charge is 2.19. The molecule has 0 saturated carbocycles. The molecule has 0 spiro atoms. The van der Waals surface area contributed by atoms with Crippen LogP contribution in [0, 0.1) is 11.6 Å². The van der Waals surface area contributed by atoms with Crippen molar-refractivity contribution in [1.29, 1.82) is 0 Å². The lowest BCUT2D eigenvalue weighted by Crippen LogP contribution is -2.18. The highest BCUT2D eigenvalue weighted by molar-refractivity contribution is 5.33. The quantitative estimate of drug-likeness (QED) is 0.656. The van der Waals surface area contributed by atoms with Crippen LogP contribution in [0.1, 0.15) is 30.0 Å². The second kappa shape index (κ2) is 3.07. The molecule has 1 aromatic carbocycles. The summed E-state index contributed by atoms with van der Waals surface area (Å²) in [6, 6.07) is 2.37. The van der Waals surface area contributed by atoms with Crippen LogP contribution in [0.5, 0.6) is 0 Å². The van der Waals surface area contributed by atoms with Crippen molar-refractivity contribution < 1.29 is 8.78 Å². The van der Waals surface area contributed by atoms with Gasteiger partial charge in [-0.15, -0.1) is 0 Å². The minimum atomic E-state index is -0.795. The van der Waals surface area contributed by atoms with Crippen LogP contribution in [-0.2, 0) is 6.42 Å². The number of halogens is 2. The van der Waals surface area contributed by atoms with E-state index in [0.717, 1.165) is 30.4 Å². The Kier molecular flexibility index (Phi) is 2.04. The molecule has 1 atom stereocenters. The van der Waals surface area contributed by atoms with Crippen molar-refractivity contribution in [2.45, 2.75) is 25.3 Å². The highest BCUT2D eigenvalue weighted by atomic mass is 19.2. The van der Waals surface area contributed by atoms with Gasteiger partial charge >= 0.3 is 0 Å². The standard InChI is InChI=1S/C10H11F2N/c11-8-4-6-2-1-3-10(13)7(6)5-9(8)12/h4-5,10H,1-3,13H2/t10-/m1/s1. The zero-order valence-electron chi connectivity index (χ0n) is 7.19. The van der Waals surface area contributed by atoms with Crippen molar-refractivity contribution >= 4 is 0 Å². The van der Waals surface area contributed by atoms with Gasteiger partial charge in [-0.05, 0) is 42.5 Å². The fraction of sp³-hybridized carbons (Fsp3) is 0.400. The van der Waals surface area contributed by atoms with Gasteiger partial charge in [0.15, 0.2) is 11.6 Å². The first-order valence-electron chi connectivity index (χ1n) is 4.42. The summed E-state index contributed by atoms with van der Waals surface area (Å²) < 4.78 is 25.7. The van der Waals surface area contributed by atoms with E-state index in [0.29, 0.717) is 0 Å². The zero-order valence-corrected chi connectivity index (χ0v) is 7.19. The van der Waals surface area contributed by atoms with Crippen LogP contribution in [0.4, 0.5) is 8.78 Å². The Bertz CT molecular complexity index is 336. The lowest BCUT2D eigenvalue weighted by atomic mass is 9.88. The SMILES string of the molecule is N[C@@H]1CCCc2cc(F)c(F)cc21. The molecule has 0 heterocycles. The Labute approximate surface area is 75.6 Å². The maximum Gasteiger partial charge on any atom is 0.159 e. The van der Waals surface area contributed by atoms with Gasteiger partial charge < -0.3 is 5.73 Å². The molecule has 0 fully saturated rings. The summed E-state index contributed by atoms with van der Waals surface area (Å²) in [5.41, 5.74) is 7.40. The van der Waals surface area contributed by atoms with Gasteiger partial charge in [0.05, 0.1) is 0 Å². The molecule has 0 bridgehead atoms. The zero-order chi connectivity index (χ0) is 9.42. The van der Waals surface area contributed by atoms with E-state index in [2.05, 4.69) is 0 Å². The van der Waals surface area contributed by atoms with E-state index in [4.69, 9.17) is 5.73 Å². The third-order valence-corrected chi connectivity index (χ3v) is 2.54. The van der Waals surface area contributed by atoms with Crippen molar-refractivity contribution in [3.8, 4) is 0 Å². The Morgan fingerprint density at radius 3 is 2.69 bits per heavy atom. The topological polar surface area (TPSA) is 26.0 Å². The van der Waals surface area contributed by atoms with Gasteiger partial charge in [0.25, 0.3) is 0 Å². The third-order valence-electron chi connectivity index (χ3n) is 2.54. The summed E-state index contributed by atoms with van der Waals surface area (Å²) in [4.78, 5) is 0. The Balaban J connectivity index is 2.52. The lowest BCUT2D eigenvalue weighted by molar-refractivity contribution is 0.492. The van der Waals surface area contributed by atoms with Crippen LogP contribution in [0.15, 0.2) is 12.1 Å². The molecule has 2 rings (SSSR count). The molecule has 0 amide bonds. The molecule has 0 saturated heterocycles. The van der Waals surface area contributed by atoms with Gasteiger partial charge in [0, 0.05) is 6.04 Å². The highest BCUT2D eigenvalue weighted by Crippen LogP contribution is 2.29. The lowest BCUT2D eigenvalue weighted by Gasteiger charge is -2.22. The average molecular weight is 183 g/mol. The van der Waals surface area contributed by atoms with E-state index in [1.807, 2.05) is 0 Å². The predicted molar refractivity (Wildman–Crippen MR) is 46.2 cm³/mol. The first-order chi connectivity index (χ1) is 6.18. The van der Waals surface area contributed by atoms with Crippen molar-refractivity contribution in [1.82, 2.24) is 0 Å². The molecule has 0 aliphatic heterocycles. The molecule has 2 N–H and O–H groups in total. The monoisotopic (exact) mass is 183 g/mol. The van der Waals surface area contributed by atoms with Crippen LogP contribution in [0.3, 0.4) is 0 Å². The molecule has 13 heavy (non-hydrogen) atoms. The summed E-state index contributed by atoms with van der Waals surface area (Å²) in [6.45, 7) is 0. The summed E-state index contributed by atoms with van der Waals surface area (Å²) >= 11 is 0. The van der Waals surface area contributed by atoms with Gasteiger partial charge in [-0.1, -0.05) is 0 Å². The van der Waals surface area contributed by atoms with Gasteiger partial charge in [-0.2, -0.15) is 0 Å².